The number of anilines is 2. The number of aromatic nitrogens is 1. The van der Waals surface area contributed by atoms with Gasteiger partial charge in [-0.15, -0.1) is 0 Å². The third kappa shape index (κ3) is 3.37. The van der Waals surface area contributed by atoms with Gasteiger partial charge in [0.25, 0.3) is 5.91 Å². The van der Waals surface area contributed by atoms with Gasteiger partial charge in [-0.05, 0) is 54.7 Å². The van der Waals surface area contributed by atoms with Gasteiger partial charge in [0, 0.05) is 44.1 Å². The third-order valence-electron chi connectivity index (χ3n) is 6.11. The predicted octanol–water partition coefficient (Wildman–Crippen LogP) is 2.98. The van der Waals surface area contributed by atoms with Crippen molar-refractivity contribution in [3.63, 3.8) is 0 Å². The van der Waals surface area contributed by atoms with E-state index >= 15 is 0 Å². The largest absolute Gasteiger partial charge is 0.357 e. The second-order valence-corrected chi connectivity index (χ2v) is 8.46. The van der Waals surface area contributed by atoms with Gasteiger partial charge in [-0.25, -0.2) is 4.98 Å². The molecule has 1 spiro atoms. The highest BCUT2D eigenvalue weighted by Gasteiger charge is 2.51. The molecule has 1 fully saturated rings. The molecule has 0 saturated carbocycles. The Kier molecular flexibility index (Phi) is 5.03. The third-order valence-corrected chi connectivity index (χ3v) is 6.11. The van der Waals surface area contributed by atoms with Crippen LogP contribution in [0.25, 0.3) is 0 Å². The van der Waals surface area contributed by atoms with Crippen LogP contribution in [0.4, 0.5) is 11.5 Å². The molecule has 2 aromatic rings. The Hall–Kier alpha value is -2.89. The van der Waals surface area contributed by atoms with Gasteiger partial charge < -0.3 is 15.1 Å². The first-order chi connectivity index (χ1) is 13.9. The molecule has 29 heavy (non-hydrogen) atoms. The summed E-state index contributed by atoms with van der Waals surface area (Å²) in [5.74, 6) is 1.39. The lowest BCUT2D eigenvalue weighted by atomic mass is 9.73. The molecular formula is C23H28N4O2. The van der Waals surface area contributed by atoms with Crippen molar-refractivity contribution < 1.29 is 9.59 Å². The van der Waals surface area contributed by atoms with Gasteiger partial charge in [0.15, 0.2) is 0 Å². The molecule has 2 aliphatic heterocycles. The van der Waals surface area contributed by atoms with Crippen LogP contribution in [0, 0.1) is 5.92 Å². The first kappa shape index (κ1) is 19.4. The minimum atomic E-state index is -0.552. The highest BCUT2D eigenvalue weighted by molar-refractivity contribution is 6.09. The summed E-state index contributed by atoms with van der Waals surface area (Å²) in [5.41, 5.74) is 1.98. The van der Waals surface area contributed by atoms with Crippen molar-refractivity contribution in [2.24, 2.45) is 5.92 Å². The van der Waals surface area contributed by atoms with Crippen LogP contribution in [0.5, 0.6) is 0 Å². The molecular weight excluding hydrogens is 364 g/mol. The number of nitrogens with zero attached hydrogens (tertiary/aromatic N) is 3. The number of pyridine rings is 1. The van der Waals surface area contributed by atoms with Crippen molar-refractivity contribution in [2.45, 2.75) is 32.1 Å². The van der Waals surface area contributed by atoms with E-state index < -0.39 is 5.41 Å². The zero-order chi connectivity index (χ0) is 20.6. The van der Waals surface area contributed by atoms with E-state index in [-0.39, 0.29) is 11.8 Å². The number of amides is 2. The van der Waals surface area contributed by atoms with E-state index in [1.807, 2.05) is 43.4 Å². The Balaban J connectivity index is 1.61. The minimum Gasteiger partial charge on any atom is -0.357 e. The van der Waals surface area contributed by atoms with E-state index in [0.717, 1.165) is 43.0 Å². The van der Waals surface area contributed by atoms with Gasteiger partial charge in [0.05, 0.1) is 5.41 Å². The SMILES string of the molecule is CC(C)CNC(=O)c1ccc2c(c1)C1(CCN(c3ccccn3)CC1)C(=O)N2C. The number of carbonyl (C=O) groups is 2. The van der Waals surface area contributed by atoms with Gasteiger partial charge in [-0.1, -0.05) is 19.9 Å². The molecule has 1 saturated heterocycles. The lowest BCUT2D eigenvalue weighted by molar-refractivity contribution is -0.123. The molecule has 0 bridgehead atoms. The highest BCUT2D eigenvalue weighted by Crippen LogP contribution is 2.48. The number of carbonyl (C=O) groups excluding carboxylic acids is 2. The predicted molar refractivity (Wildman–Crippen MR) is 114 cm³/mol. The van der Waals surface area contributed by atoms with Crippen LogP contribution in [0.2, 0.25) is 0 Å². The van der Waals surface area contributed by atoms with Gasteiger partial charge in [-0.2, -0.15) is 0 Å². The molecule has 6 nitrogen and oxygen atoms in total. The molecule has 2 aliphatic rings. The van der Waals surface area contributed by atoms with Crippen molar-refractivity contribution >= 4 is 23.3 Å². The monoisotopic (exact) mass is 392 g/mol. The van der Waals surface area contributed by atoms with E-state index in [1.54, 1.807) is 11.1 Å². The van der Waals surface area contributed by atoms with Gasteiger partial charge in [0.1, 0.15) is 5.82 Å². The normalized spacial score (nSPS) is 17.7. The number of rotatable bonds is 4. The number of piperidine rings is 1. The van der Waals surface area contributed by atoms with Gasteiger partial charge in [-0.3, -0.25) is 9.59 Å². The first-order valence-electron chi connectivity index (χ1n) is 10.3. The molecule has 2 amide bonds. The zero-order valence-electron chi connectivity index (χ0n) is 17.3. The number of fused-ring (bicyclic) bond motifs is 2. The molecule has 1 N–H and O–H groups in total. The van der Waals surface area contributed by atoms with Crippen LogP contribution >= 0.6 is 0 Å². The second-order valence-electron chi connectivity index (χ2n) is 8.46. The van der Waals surface area contributed by atoms with Crippen molar-refractivity contribution in [3.05, 3.63) is 53.7 Å². The molecule has 0 aliphatic carbocycles. The Morgan fingerprint density at radius 3 is 2.62 bits per heavy atom. The van der Waals surface area contributed by atoms with Gasteiger partial charge >= 0.3 is 0 Å². The Bertz CT molecular complexity index is 918. The Labute approximate surface area is 171 Å². The number of hydrogen-bond donors (Lipinski definition) is 1. The van der Waals surface area contributed by atoms with Crippen molar-refractivity contribution in [3.8, 4) is 0 Å². The molecule has 0 unspecified atom stereocenters. The summed E-state index contributed by atoms with van der Waals surface area (Å²) in [6, 6.07) is 11.6. The fourth-order valence-corrected chi connectivity index (χ4v) is 4.44. The zero-order valence-corrected chi connectivity index (χ0v) is 17.3. The summed E-state index contributed by atoms with van der Waals surface area (Å²) in [6.45, 7) is 6.31. The van der Waals surface area contributed by atoms with Crippen molar-refractivity contribution in [1.82, 2.24) is 10.3 Å². The van der Waals surface area contributed by atoms with E-state index in [2.05, 4.69) is 29.0 Å². The first-order valence-corrected chi connectivity index (χ1v) is 10.3. The summed E-state index contributed by atoms with van der Waals surface area (Å²) < 4.78 is 0. The highest BCUT2D eigenvalue weighted by atomic mass is 16.2. The fraction of sp³-hybridized carbons (Fsp3) is 0.435. The summed E-state index contributed by atoms with van der Waals surface area (Å²) in [4.78, 5) is 34.3. The number of nitrogens with one attached hydrogen (secondary N) is 1. The molecule has 6 heteroatoms. The quantitative estimate of drug-likeness (QED) is 0.869. The number of likely N-dealkylation sites (N-methyl/N-ethyl adjacent to an activating group) is 1. The molecule has 3 heterocycles. The number of benzene rings is 1. The van der Waals surface area contributed by atoms with Crippen LogP contribution in [0.3, 0.4) is 0 Å². The van der Waals surface area contributed by atoms with Crippen molar-refractivity contribution in [1.29, 1.82) is 0 Å². The molecule has 0 radical (unpaired) electrons. The topological polar surface area (TPSA) is 65.5 Å². The Morgan fingerprint density at radius 1 is 1.21 bits per heavy atom. The molecule has 1 aromatic carbocycles. The molecule has 0 atom stereocenters. The maximum atomic E-state index is 13.3. The van der Waals surface area contributed by atoms with E-state index in [4.69, 9.17) is 0 Å². The maximum absolute atomic E-state index is 13.3. The number of hydrogen-bond acceptors (Lipinski definition) is 4. The summed E-state index contributed by atoms with van der Waals surface area (Å²) >= 11 is 0. The maximum Gasteiger partial charge on any atom is 0.251 e. The lowest BCUT2D eigenvalue weighted by Crippen LogP contribution is -2.48. The summed E-state index contributed by atoms with van der Waals surface area (Å²) in [7, 11) is 1.83. The summed E-state index contributed by atoms with van der Waals surface area (Å²) in [5, 5.41) is 2.98. The minimum absolute atomic E-state index is 0.0791. The van der Waals surface area contributed by atoms with Gasteiger partial charge in [0.2, 0.25) is 5.91 Å². The smallest absolute Gasteiger partial charge is 0.251 e. The molecule has 4 rings (SSSR count). The summed E-state index contributed by atoms with van der Waals surface area (Å²) in [6.07, 6.45) is 3.24. The average molecular weight is 393 g/mol. The van der Waals surface area contributed by atoms with E-state index in [0.29, 0.717) is 18.0 Å². The van der Waals surface area contributed by atoms with E-state index in [9.17, 15) is 9.59 Å². The van der Waals surface area contributed by atoms with Crippen LogP contribution in [0.1, 0.15) is 42.6 Å². The lowest BCUT2D eigenvalue weighted by Gasteiger charge is -2.39. The average Bonchev–Trinajstić information content (AvgIpc) is 2.95. The van der Waals surface area contributed by atoms with Crippen LogP contribution in [-0.4, -0.2) is 43.5 Å². The van der Waals surface area contributed by atoms with Crippen LogP contribution in [0.15, 0.2) is 42.6 Å². The van der Waals surface area contributed by atoms with E-state index in [1.165, 1.54) is 0 Å². The van der Waals surface area contributed by atoms with Crippen LogP contribution < -0.4 is 15.1 Å². The van der Waals surface area contributed by atoms with Crippen LogP contribution in [-0.2, 0) is 10.2 Å². The van der Waals surface area contributed by atoms with Crippen molar-refractivity contribution in [2.75, 3.05) is 36.5 Å². The molecule has 1 aromatic heterocycles. The standard InChI is InChI=1S/C23H28N4O2/c1-16(2)15-25-21(28)17-7-8-19-18(14-17)23(22(29)26(19)3)9-12-27(13-10-23)20-6-4-5-11-24-20/h4-8,11,14,16H,9-10,12-13,15H2,1-3H3,(H,25,28). The fourth-order valence-electron chi connectivity index (χ4n) is 4.44. The Morgan fingerprint density at radius 2 is 1.97 bits per heavy atom. The molecule has 152 valence electrons. The second kappa shape index (κ2) is 7.50.